The first-order valence-corrected chi connectivity index (χ1v) is 14.8. The number of benzene rings is 3. The molecule has 3 aromatic carbocycles. The van der Waals surface area contributed by atoms with E-state index in [4.69, 9.17) is 9.47 Å². The van der Waals surface area contributed by atoms with Crippen LogP contribution in [-0.2, 0) is 22.4 Å². The minimum atomic E-state index is -0.210. The number of esters is 1. The number of Topliss-reactive ketones (excluding diaryl/α,β-unsaturated/α-hetero) is 1. The topological polar surface area (TPSA) is 113 Å². The first-order chi connectivity index (χ1) is 20.1. The van der Waals surface area contributed by atoms with Gasteiger partial charge in [0.2, 0.25) is 0 Å². The van der Waals surface area contributed by atoms with E-state index in [1.807, 2.05) is 12.1 Å². The van der Waals surface area contributed by atoms with Crippen LogP contribution < -0.4 is 4.74 Å². The van der Waals surface area contributed by atoms with Gasteiger partial charge in [-0.3, -0.25) is 9.59 Å². The van der Waals surface area contributed by atoms with Gasteiger partial charge < -0.3 is 24.8 Å². The summed E-state index contributed by atoms with van der Waals surface area (Å²) in [7, 11) is 1.58. The Bertz CT molecular complexity index is 1450. The molecule has 7 nitrogen and oxygen atoms in total. The molecule has 3 aromatic rings. The second-order valence-corrected chi connectivity index (χ2v) is 12.2. The molecule has 5 unspecified atom stereocenters. The standard InChI is InChI=1S/C20H26O3.C15H14O4/c1-12(21)23-19-8-7-18-17-5-3-13-11-14(22)4-6-15(13)16(17)9-10-20(18,19)2;1-19-12-5-2-10(3-6-12)8-14(17)13-7-4-11(16)9-15(13)18/h4,6,11,16-19,22H,3,5,7-10H2,1-2H3;2-7,9,16,18H,8H2,1H3. The molecule has 0 aromatic heterocycles. The molecule has 0 radical (unpaired) electrons. The average Bonchev–Trinajstić information content (AvgIpc) is 3.28. The molecule has 2 fully saturated rings. The van der Waals surface area contributed by atoms with Gasteiger partial charge in [-0.25, -0.2) is 0 Å². The lowest BCUT2D eigenvalue weighted by atomic mass is 9.55. The van der Waals surface area contributed by atoms with Gasteiger partial charge >= 0.3 is 5.97 Å². The number of aromatic hydroxyl groups is 3. The predicted molar refractivity (Wildman–Crippen MR) is 159 cm³/mol. The van der Waals surface area contributed by atoms with Crippen molar-refractivity contribution in [1.29, 1.82) is 0 Å². The molecule has 42 heavy (non-hydrogen) atoms. The molecule has 2 saturated carbocycles. The number of phenols is 3. The molecule has 3 aliphatic rings. The monoisotopic (exact) mass is 572 g/mol. The zero-order valence-electron chi connectivity index (χ0n) is 24.5. The van der Waals surface area contributed by atoms with Crippen molar-refractivity contribution >= 4 is 11.8 Å². The highest BCUT2D eigenvalue weighted by molar-refractivity contribution is 6.00. The number of carbonyl (C=O) groups is 2. The van der Waals surface area contributed by atoms with Crippen LogP contribution in [0.25, 0.3) is 0 Å². The van der Waals surface area contributed by atoms with Crippen LogP contribution in [0.15, 0.2) is 60.7 Å². The quantitative estimate of drug-likeness (QED) is 0.230. The summed E-state index contributed by atoms with van der Waals surface area (Å²) in [4.78, 5) is 23.5. The van der Waals surface area contributed by atoms with Crippen LogP contribution in [-0.4, -0.2) is 40.3 Å². The number of carbonyl (C=O) groups excluding carboxylic acids is 2. The van der Waals surface area contributed by atoms with Crippen molar-refractivity contribution in [1.82, 2.24) is 0 Å². The van der Waals surface area contributed by atoms with Gasteiger partial charge in [0.05, 0.1) is 12.7 Å². The number of phenolic OH excluding ortho intramolecular Hbond substituents is 3. The molecular weight excluding hydrogens is 532 g/mol. The number of hydrogen-bond donors (Lipinski definition) is 3. The van der Waals surface area contributed by atoms with E-state index in [0.29, 0.717) is 23.5 Å². The lowest BCUT2D eigenvalue weighted by Gasteiger charge is -2.50. The fourth-order valence-corrected chi connectivity index (χ4v) is 7.69. The van der Waals surface area contributed by atoms with Gasteiger partial charge in [-0.1, -0.05) is 25.1 Å². The molecular formula is C35H40O7. The van der Waals surface area contributed by atoms with E-state index >= 15 is 0 Å². The van der Waals surface area contributed by atoms with Crippen LogP contribution in [0.2, 0.25) is 0 Å². The Hall–Kier alpha value is -4.00. The largest absolute Gasteiger partial charge is 0.508 e. The van der Waals surface area contributed by atoms with E-state index in [1.54, 1.807) is 31.4 Å². The zero-order valence-corrected chi connectivity index (χ0v) is 24.5. The molecule has 3 N–H and O–H groups in total. The fourth-order valence-electron chi connectivity index (χ4n) is 7.69. The Kier molecular flexibility index (Phi) is 8.48. The molecule has 0 aliphatic heterocycles. The highest BCUT2D eigenvalue weighted by Gasteiger charge is 2.56. The van der Waals surface area contributed by atoms with E-state index in [1.165, 1.54) is 49.4 Å². The van der Waals surface area contributed by atoms with Crippen molar-refractivity contribution in [3.8, 4) is 23.0 Å². The number of ether oxygens (including phenoxy) is 2. The maximum atomic E-state index is 12.0. The number of ketones is 1. The molecule has 222 valence electrons. The number of hydrogen-bond acceptors (Lipinski definition) is 7. The summed E-state index contributed by atoms with van der Waals surface area (Å²) in [5, 5.41) is 28.5. The molecule has 0 spiro atoms. The summed E-state index contributed by atoms with van der Waals surface area (Å²) in [6.07, 6.45) is 7.07. The van der Waals surface area contributed by atoms with E-state index < -0.39 is 0 Å². The van der Waals surface area contributed by atoms with Crippen molar-refractivity contribution < 1.29 is 34.4 Å². The maximum Gasteiger partial charge on any atom is 0.302 e. The molecule has 0 saturated heterocycles. The Balaban J connectivity index is 0.000000172. The number of aryl methyl sites for hydroxylation is 1. The Morgan fingerprint density at radius 1 is 0.905 bits per heavy atom. The summed E-state index contributed by atoms with van der Waals surface area (Å²) >= 11 is 0. The van der Waals surface area contributed by atoms with Crippen molar-refractivity contribution in [2.75, 3.05) is 7.11 Å². The molecule has 3 aliphatic carbocycles. The van der Waals surface area contributed by atoms with E-state index in [-0.39, 0.29) is 46.8 Å². The first-order valence-electron chi connectivity index (χ1n) is 14.8. The van der Waals surface area contributed by atoms with Gasteiger partial charge in [0.25, 0.3) is 0 Å². The smallest absolute Gasteiger partial charge is 0.302 e. The van der Waals surface area contributed by atoms with Crippen LogP contribution in [0.1, 0.15) is 78.9 Å². The SMILES string of the molecule is CC(=O)OC1CCC2C3CCc4cc(O)ccc4C3CCC12C.COc1ccc(CC(=O)c2ccc(O)cc2O)cc1. The average molecular weight is 573 g/mol. The summed E-state index contributed by atoms with van der Waals surface area (Å²) in [6, 6.07) is 17.0. The second kappa shape index (κ2) is 12.1. The van der Waals surface area contributed by atoms with Gasteiger partial charge in [-0.15, -0.1) is 0 Å². The third kappa shape index (κ3) is 5.96. The van der Waals surface area contributed by atoms with Crippen LogP contribution >= 0.6 is 0 Å². The van der Waals surface area contributed by atoms with Gasteiger partial charge in [0, 0.05) is 24.8 Å². The third-order valence-electron chi connectivity index (χ3n) is 9.74. The minimum absolute atomic E-state index is 0.0708. The number of fused-ring (bicyclic) bond motifs is 5. The van der Waals surface area contributed by atoms with Crippen molar-refractivity contribution in [2.24, 2.45) is 17.3 Å². The van der Waals surface area contributed by atoms with Crippen LogP contribution in [0.4, 0.5) is 0 Å². The maximum absolute atomic E-state index is 12.0. The van der Waals surface area contributed by atoms with Crippen molar-refractivity contribution in [3.05, 3.63) is 82.9 Å². The van der Waals surface area contributed by atoms with Crippen molar-refractivity contribution in [3.63, 3.8) is 0 Å². The molecule has 0 bridgehead atoms. The Morgan fingerprint density at radius 3 is 2.31 bits per heavy atom. The number of methoxy groups -OCH3 is 1. The molecule has 6 rings (SSSR count). The lowest BCUT2D eigenvalue weighted by Crippen LogP contribution is -2.45. The molecule has 0 amide bonds. The normalized spacial score (nSPS) is 25.6. The van der Waals surface area contributed by atoms with E-state index in [2.05, 4.69) is 13.0 Å². The Morgan fingerprint density at radius 2 is 1.62 bits per heavy atom. The van der Waals surface area contributed by atoms with Crippen LogP contribution in [0.3, 0.4) is 0 Å². The van der Waals surface area contributed by atoms with Gasteiger partial charge in [-0.2, -0.15) is 0 Å². The summed E-state index contributed by atoms with van der Waals surface area (Å²) in [6.45, 7) is 3.88. The second-order valence-electron chi connectivity index (χ2n) is 12.2. The summed E-state index contributed by atoms with van der Waals surface area (Å²) in [5.74, 6) is 2.47. The van der Waals surface area contributed by atoms with Gasteiger partial charge in [-0.05, 0) is 109 Å². The third-order valence-corrected chi connectivity index (χ3v) is 9.74. The highest BCUT2D eigenvalue weighted by Crippen LogP contribution is 2.61. The summed E-state index contributed by atoms with van der Waals surface area (Å²) in [5.41, 5.74) is 3.98. The van der Waals surface area contributed by atoms with Crippen molar-refractivity contribution in [2.45, 2.75) is 70.8 Å². The van der Waals surface area contributed by atoms with E-state index in [9.17, 15) is 24.9 Å². The zero-order chi connectivity index (χ0) is 30.0. The minimum Gasteiger partial charge on any atom is -0.508 e. The fraction of sp³-hybridized carbons (Fsp3) is 0.429. The van der Waals surface area contributed by atoms with Crippen LogP contribution in [0, 0.1) is 17.3 Å². The predicted octanol–water partition coefficient (Wildman–Crippen LogP) is 6.71. The highest BCUT2D eigenvalue weighted by atomic mass is 16.5. The van der Waals surface area contributed by atoms with Gasteiger partial charge in [0.1, 0.15) is 29.1 Å². The van der Waals surface area contributed by atoms with E-state index in [0.717, 1.165) is 36.6 Å². The lowest BCUT2D eigenvalue weighted by molar-refractivity contribution is -0.154. The van der Waals surface area contributed by atoms with Gasteiger partial charge in [0.15, 0.2) is 5.78 Å². The first kappa shape index (κ1) is 29.5. The molecule has 0 heterocycles. The molecule has 7 heteroatoms. The Labute approximate surface area is 247 Å². The molecule has 5 atom stereocenters. The van der Waals surface area contributed by atoms with Crippen LogP contribution in [0.5, 0.6) is 23.0 Å². The number of rotatable bonds is 5. The summed E-state index contributed by atoms with van der Waals surface area (Å²) < 4.78 is 10.7.